The topological polar surface area (TPSA) is 40.9 Å². The van der Waals surface area contributed by atoms with Crippen molar-refractivity contribution in [3.8, 4) is 6.07 Å². The van der Waals surface area contributed by atoms with Crippen molar-refractivity contribution in [2.45, 2.75) is 24.2 Å². The molecule has 2 nitrogen and oxygen atoms in total. The Morgan fingerprint density at radius 1 is 1.00 bits per heavy atom. The van der Waals surface area contributed by atoms with E-state index in [1.54, 1.807) is 0 Å². The van der Waals surface area contributed by atoms with E-state index in [1.807, 2.05) is 30.3 Å². The van der Waals surface area contributed by atoms with Gasteiger partial charge in [0.1, 0.15) is 5.78 Å². The number of fused-ring (bicyclic) bond motifs is 1. The molecule has 3 atom stereocenters. The number of hydrogen-bond donors (Lipinski definition) is 0. The molecule has 2 aromatic rings. The van der Waals surface area contributed by atoms with Gasteiger partial charge in [0.15, 0.2) is 0 Å². The summed E-state index contributed by atoms with van der Waals surface area (Å²) >= 11 is 0. The molecular weight excluding hydrogens is 258 g/mol. The predicted octanol–water partition coefficient (Wildman–Crippen LogP) is 3.57. The number of Topliss-reactive ketones (excluding diaryl/α,β-unsaturated/α-hetero) is 1. The molecule has 0 heterocycles. The van der Waals surface area contributed by atoms with Gasteiger partial charge in [0.25, 0.3) is 0 Å². The number of hydrogen-bond acceptors (Lipinski definition) is 2. The molecule has 2 heteroatoms. The number of rotatable bonds is 2. The van der Waals surface area contributed by atoms with E-state index in [0.29, 0.717) is 17.8 Å². The first-order valence-corrected chi connectivity index (χ1v) is 7.35. The van der Waals surface area contributed by atoms with Crippen LogP contribution < -0.4 is 0 Å². The average Bonchev–Trinajstić information content (AvgIpc) is 3.12. The quantitative estimate of drug-likeness (QED) is 0.839. The molecular formula is C19H15NO. The Morgan fingerprint density at radius 3 is 2.38 bits per heavy atom. The number of nitrogens with zero attached hydrogens (tertiary/aromatic N) is 1. The van der Waals surface area contributed by atoms with Gasteiger partial charge in [0.05, 0.1) is 11.6 Å². The van der Waals surface area contributed by atoms with E-state index in [0.717, 1.165) is 6.42 Å². The molecule has 0 aliphatic heterocycles. The zero-order valence-corrected chi connectivity index (χ0v) is 11.6. The van der Waals surface area contributed by atoms with Gasteiger partial charge in [0.2, 0.25) is 0 Å². The number of carbonyl (C=O) groups is 1. The molecule has 1 unspecified atom stereocenters. The summed E-state index contributed by atoms with van der Waals surface area (Å²) in [7, 11) is 0. The molecule has 0 aromatic heterocycles. The summed E-state index contributed by atoms with van der Waals surface area (Å²) < 4.78 is 0. The number of ketones is 1. The van der Waals surface area contributed by atoms with Crippen LogP contribution in [0.3, 0.4) is 0 Å². The van der Waals surface area contributed by atoms with Gasteiger partial charge in [-0.15, -0.1) is 0 Å². The molecule has 102 valence electrons. The third kappa shape index (κ3) is 1.61. The molecule has 2 aliphatic carbocycles. The number of carbonyl (C=O) groups excluding carboxylic acids is 1. The molecule has 2 fully saturated rings. The van der Waals surface area contributed by atoms with E-state index >= 15 is 0 Å². The average molecular weight is 273 g/mol. The van der Waals surface area contributed by atoms with E-state index in [1.165, 1.54) is 11.1 Å². The van der Waals surface area contributed by atoms with Crippen molar-refractivity contribution >= 4 is 5.78 Å². The van der Waals surface area contributed by atoms with E-state index in [4.69, 9.17) is 5.26 Å². The predicted molar refractivity (Wildman–Crippen MR) is 79.7 cm³/mol. The molecule has 0 saturated heterocycles. The Bertz CT molecular complexity index is 741. The molecule has 2 aromatic carbocycles. The zero-order valence-electron chi connectivity index (χ0n) is 11.6. The summed E-state index contributed by atoms with van der Waals surface area (Å²) in [5.41, 5.74) is 3.16. The van der Waals surface area contributed by atoms with Crippen LogP contribution in [-0.4, -0.2) is 5.78 Å². The lowest BCUT2D eigenvalue weighted by Gasteiger charge is -2.15. The van der Waals surface area contributed by atoms with Gasteiger partial charge in [-0.25, -0.2) is 0 Å². The minimum absolute atomic E-state index is 0.00645. The fourth-order valence-corrected chi connectivity index (χ4v) is 4.22. The van der Waals surface area contributed by atoms with Gasteiger partial charge in [0, 0.05) is 23.7 Å². The second-order valence-corrected chi connectivity index (χ2v) is 6.06. The minimum atomic E-state index is 0.00645. The van der Waals surface area contributed by atoms with Crippen LogP contribution in [0.1, 0.15) is 35.4 Å². The second kappa shape index (κ2) is 4.30. The van der Waals surface area contributed by atoms with Gasteiger partial charge >= 0.3 is 0 Å². The Hall–Kier alpha value is -2.40. The summed E-state index contributed by atoms with van der Waals surface area (Å²) in [6, 6.07) is 20.3. The third-order valence-corrected chi connectivity index (χ3v) is 5.18. The van der Waals surface area contributed by atoms with Crippen molar-refractivity contribution in [3.05, 3.63) is 71.3 Å². The summed E-state index contributed by atoms with van der Waals surface area (Å²) in [4.78, 5) is 12.2. The van der Waals surface area contributed by atoms with Crippen molar-refractivity contribution in [1.29, 1.82) is 5.26 Å². The molecule has 0 radical (unpaired) electrons. The van der Waals surface area contributed by atoms with Crippen molar-refractivity contribution in [2.24, 2.45) is 5.92 Å². The van der Waals surface area contributed by atoms with Gasteiger partial charge in [-0.3, -0.25) is 4.79 Å². The number of benzene rings is 2. The first kappa shape index (κ1) is 12.3. The highest BCUT2D eigenvalue weighted by molar-refractivity contribution is 5.92. The molecule has 4 rings (SSSR count). The lowest BCUT2D eigenvalue weighted by Crippen LogP contribution is -2.08. The SMILES string of the molecule is N#Cc1ccc(C2[C@H]3C(=O)CC[C@@]23c2ccccc2)cc1. The molecule has 21 heavy (non-hydrogen) atoms. The van der Waals surface area contributed by atoms with E-state index in [2.05, 4.69) is 30.3 Å². The van der Waals surface area contributed by atoms with Gasteiger partial charge in [-0.2, -0.15) is 5.26 Å². The van der Waals surface area contributed by atoms with Crippen LogP contribution in [0.25, 0.3) is 0 Å². The van der Waals surface area contributed by atoms with E-state index < -0.39 is 0 Å². The standard InChI is InChI=1S/C19H15NO/c20-12-13-6-8-14(9-7-13)17-18-16(21)10-11-19(17,18)15-4-2-1-3-5-15/h1-9,17-18H,10-11H2/t17?,18-,19-/m1/s1. The Kier molecular flexibility index (Phi) is 2.53. The van der Waals surface area contributed by atoms with Crippen LogP contribution in [0.15, 0.2) is 54.6 Å². The maximum atomic E-state index is 12.2. The maximum Gasteiger partial charge on any atom is 0.137 e. The van der Waals surface area contributed by atoms with E-state index in [-0.39, 0.29) is 17.3 Å². The van der Waals surface area contributed by atoms with Crippen LogP contribution in [-0.2, 0) is 10.2 Å². The summed E-state index contributed by atoms with van der Waals surface area (Å²) in [6.07, 6.45) is 1.65. The zero-order chi connectivity index (χ0) is 14.4. The lowest BCUT2D eigenvalue weighted by molar-refractivity contribution is -0.119. The van der Waals surface area contributed by atoms with Crippen LogP contribution in [0, 0.1) is 17.2 Å². The Balaban J connectivity index is 1.76. The molecule has 0 spiro atoms. The van der Waals surface area contributed by atoms with Crippen molar-refractivity contribution in [1.82, 2.24) is 0 Å². The summed E-state index contributed by atoms with van der Waals surface area (Å²) in [5, 5.41) is 8.91. The van der Waals surface area contributed by atoms with Gasteiger partial charge in [-0.1, -0.05) is 42.5 Å². The first-order valence-electron chi connectivity index (χ1n) is 7.35. The van der Waals surface area contributed by atoms with Crippen LogP contribution >= 0.6 is 0 Å². The molecule has 0 amide bonds. The fraction of sp³-hybridized carbons (Fsp3) is 0.263. The van der Waals surface area contributed by atoms with Gasteiger partial charge in [-0.05, 0) is 29.7 Å². The Labute approximate surface area is 124 Å². The lowest BCUT2D eigenvalue weighted by atomic mass is 9.88. The second-order valence-electron chi connectivity index (χ2n) is 6.06. The van der Waals surface area contributed by atoms with Crippen LogP contribution in [0.5, 0.6) is 0 Å². The molecule has 0 N–H and O–H groups in total. The van der Waals surface area contributed by atoms with Crippen LogP contribution in [0.2, 0.25) is 0 Å². The largest absolute Gasteiger partial charge is 0.299 e. The normalized spacial score (nSPS) is 29.8. The Morgan fingerprint density at radius 2 is 1.71 bits per heavy atom. The van der Waals surface area contributed by atoms with E-state index in [9.17, 15) is 4.79 Å². The maximum absolute atomic E-state index is 12.2. The molecule has 2 saturated carbocycles. The smallest absolute Gasteiger partial charge is 0.137 e. The fourth-order valence-electron chi connectivity index (χ4n) is 4.22. The van der Waals surface area contributed by atoms with Crippen molar-refractivity contribution in [3.63, 3.8) is 0 Å². The monoisotopic (exact) mass is 273 g/mol. The summed E-state index contributed by atoms with van der Waals surface area (Å²) in [6.45, 7) is 0. The third-order valence-electron chi connectivity index (χ3n) is 5.18. The van der Waals surface area contributed by atoms with Crippen molar-refractivity contribution in [2.75, 3.05) is 0 Å². The van der Waals surface area contributed by atoms with Crippen molar-refractivity contribution < 1.29 is 4.79 Å². The highest BCUT2D eigenvalue weighted by Gasteiger charge is 2.71. The molecule has 0 bridgehead atoms. The first-order chi connectivity index (χ1) is 10.3. The molecule has 2 aliphatic rings. The minimum Gasteiger partial charge on any atom is -0.299 e. The van der Waals surface area contributed by atoms with Crippen LogP contribution in [0.4, 0.5) is 0 Å². The highest BCUT2D eigenvalue weighted by Crippen LogP contribution is 2.72. The van der Waals surface area contributed by atoms with Gasteiger partial charge < -0.3 is 0 Å². The number of nitriles is 1. The summed E-state index contributed by atoms with van der Waals surface area (Å²) in [5.74, 6) is 0.815. The highest BCUT2D eigenvalue weighted by atomic mass is 16.1.